The van der Waals surface area contributed by atoms with E-state index in [-0.39, 0.29) is 17.1 Å². The first kappa shape index (κ1) is 13.0. The Bertz CT molecular complexity index is 964. The topological polar surface area (TPSA) is 78.9 Å². The molecule has 7 heteroatoms. The molecule has 2 heterocycles. The summed E-state index contributed by atoms with van der Waals surface area (Å²) in [5.74, 6) is -0.367. The Balaban J connectivity index is 2.34. The molecular formula is C14H12N4O3. The summed E-state index contributed by atoms with van der Waals surface area (Å²) in [5, 5.41) is 0. The first-order valence-electron chi connectivity index (χ1n) is 6.25. The number of hydrogen-bond donors (Lipinski definition) is 0. The number of benzene rings is 1. The molecule has 0 fully saturated rings. The number of rotatable bonds is 1. The molecule has 0 atom stereocenters. The van der Waals surface area contributed by atoms with Gasteiger partial charge < -0.3 is 0 Å². The zero-order valence-corrected chi connectivity index (χ0v) is 11.5. The van der Waals surface area contributed by atoms with E-state index in [1.165, 1.54) is 29.6 Å². The lowest BCUT2D eigenvalue weighted by atomic mass is 10.2. The number of fused-ring (bicyclic) bond motifs is 1. The van der Waals surface area contributed by atoms with Crippen LogP contribution in [0.5, 0.6) is 0 Å². The lowest BCUT2D eigenvalue weighted by molar-refractivity contribution is 0.0964. The number of carbonyl (C=O) groups excluding carboxylic acids is 1. The molecule has 0 N–H and O–H groups in total. The van der Waals surface area contributed by atoms with Crippen LogP contribution in [0.2, 0.25) is 0 Å². The maximum absolute atomic E-state index is 12.5. The van der Waals surface area contributed by atoms with E-state index >= 15 is 0 Å². The average molecular weight is 284 g/mol. The maximum atomic E-state index is 12.5. The van der Waals surface area contributed by atoms with Gasteiger partial charge in [0.05, 0.1) is 0 Å². The Hall–Kier alpha value is -2.96. The molecule has 3 rings (SSSR count). The predicted molar refractivity (Wildman–Crippen MR) is 76.4 cm³/mol. The molecule has 0 saturated heterocycles. The fraction of sp³-hybridized carbons (Fsp3) is 0.143. The Labute approximate surface area is 118 Å². The highest BCUT2D eigenvalue weighted by atomic mass is 16.2. The van der Waals surface area contributed by atoms with Crippen LogP contribution in [-0.2, 0) is 14.1 Å². The van der Waals surface area contributed by atoms with Crippen molar-refractivity contribution in [2.75, 3.05) is 0 Å². The Morgan fingerprint density at radius 2 is 1.71 bits per heavy atom. The summed E-state index contributed by atoms with van der Waals surface area (Å²) < 4.78 is 3.37. The molecular weight excluding hydrogens is 272 g/mol. The summed E-state index contributed by atoms with van der Waals surface area (Å²) >= 11 is 0. The minimum atomic E-state index is -0.546. The van der Waals surface area contributed by atoms with Crippen LogP contribution in [-0.4, -0.2) is 24.6 Å². The van der Waals surface area contributed by atoms with Crippen molar-refractivity contribution in [3.05, 3.63) is 63.1 Å². The van der Waals surface area contributed by atoms with Gasteiger partial charge in [-0.25, -0.2) is 9.78 Å². The van der Waals surface area contributed by atoms with E-state index in [0.29, 0.717) is 5.56 Å². The van der Waals surface area contributed by atoms with Gasteiger partial charge in [-0.3, -0.25) is 23.3 Å². The highest BCUT2D eigenvalue weighted by Crippen LogP contribution is 2.09. The van der Waals surface area contributed by atoms with Crippen molar-refractivity contribution in [1.82, 2.24) is 18.7 Å². The molecule has 7 nitrogen and oxygen atoms in total. The molecule has 0 spiro atoms. The lowest BCUT2D eigenvalue weighted by Gasteiger charge is -2.05. The molecule has 3 aromatic rings. The second kappa shape index (κ2) is 4.55. The third-order valence-electron chi connectivity index (χ3n) is 3.39. The van der Waals surface area contributed by atoms with Crippen LogP contribution in [0.1, 0.15) is 10.4 Å². The van der Waals surface area contributed by atoms with Gasteiger partial charge in [0, 0.05) is 19.7 Å². The van der Waals surface area contributed by atoms with Gasteiger partial charge in [0.1, 0.15) is 6.33 Å². The summed E-state index contributed by atoms with van der Waals surface area (Å²) in [6.45, 7) is 0. The minimum Gasteiger partial charge on any atom is -0.279 e. The van der Waals surface area contributed by atoms with E-state index < -0.39 is 11.2 Å². The van der Waals surface area contributed by atoms with Crippen molar-refractivity contribution in [2.24, 2.45) is 14.1 Å². The molecule has 0 bridgehead atoms. The smallest absolute Gasteiger partial charge is 0.279 e. The normalized spacial score (nSPS) is 11.0. The quantitative estimate of drug-likeness (QED) is 0.636. The Morgan fingerprint density at radius 3 is 2.38 bits per heavy atom. The van der Waals surface area contributed by atoms with Gasteiger partial charge in [-0.2, -0.15) is 0 Å². The fourth-order valence-electron chi connectivity index (χ4n) is 2.22. The summed E-state index contributed by atoms with van der Waals surface area (Å²) in [6.07, 6.45) is 1.26. The van der Waals surface area contributed by atoms with E-state index in [9.17, 15) is 14.4 Å². The van der Waals surface area contributed by atoms with Crippen molar-refractivity contribution < 1.29 is 4.79 Å². The van der Waals surface area contributed by atoms with Crippen molar-refractivity contribution >= 4 is 17.1 Å². The van der Waals surface area contributed by atoms with Gasteiger partial charge in [0.2, 0.25) is 0 Å². The highest BCUT2D eigenvalue weighted by Gasteiger charge is 2.18. The van der Waals surface area contributed by atoms with Crippen LogP contribution in [0.15, 0.2) is 46.2 Å². The van der Waals surface area contributed by atoms with Crippen molar-refractivity contribution in [2.45, 2.75) is 0 Å². The van der Waals surface area contributed by atoms with Crippen molar-refractivity contribution in [3.63, 3.8) is 0 Å². The van der Waals surface area contributed by atoms with Crippen molar-refractivity contribution in [3.8, 4) is 0 Å². The first-order chi connectivity index (χ1) is 10.0. The monoisotopic (exact) mass is 284 g/mol. The number of hydrogen-bond acceptors (Lipinski definition) is 4. The molecule has 0 unspecified atom stereocenters. The summed E-state index contributed by atoms with van der Waals surface area (Å²) in [7, 11) is 2.88. The molecule has 0 aliphatic heterocycles. The third kappa shape index (κ3) is 1.82. The van der Waals surface area contributed by atoms with E-state index in [1.807, 2.05) is 0 Å². The number of imidazole rings is 1. The zero-order chi connectivity index (χ0) is 15.1. The number of carbonyl (C=O) groups is 1. The molecule has 0 amide bonds. The van der Waals surface area contributed by atoms with Crippen molar-refractivity contribution in [1.29, 1.82) is 0 Å². The average Bonchev–Trinajstić information content (AvgIpc) is 2.96. The van der Waals surface area contributed by atoms with E-state index in [4.69, 9.17) is 0 Å². The van der Waals surface area contributed by atoms with Gasteiger partial charge in [-0.05, 0) is 12.1 Å². The molecule has 106 valence electrons. The number of nitrogens with zero attached hydrogens (tertiary/aromatic N) is 4. The van der Waals surface area contributed by atoms with Crippen LogP contribution in [0, 0.1) is 0 Å². The second-order valence-electron chi connectivity index (χ2n) is 4.66. The van der Waals surface area contributed by atoms with Crippen LogP contribution < -0.4 is 11.2 Å². The minimum absolute atomic E-state index is 0.0912. The number of aryl methyl sites for hydroxylation is 1. The maximum Gasteiger partial charge on any atom is 0.332 e. The third-order valence-corrected chi connectivity index (χ3v) is 3.39. The lowest BCUT2D eigenvalue weighted by Crippen LogP contribution is -2.38. The largest absolute Gasteiger partial charge is 0.332 e. The van der Waals surface area contributed by atoms with Gasteiger partial charge in [-0.1, -0.05) is 18.2 Å². The molecule has 1 aromatic carbocycles. The van der Waals surface area contributed by atoms with Crippen LogP contribution in [0.25, 0.3) is 11.2 Å². The molecule has 0 aliphatic carbocycles. The number of aromatic nitrogens is 4. The summed E-state index contributed by atoms with van der Waals surface area (Å²) in [5.41, 5.74) is -0.312. The van der Waals surface area contributed by atoms with E-state index in [1.54, 1.807) is 30.3 Å². The Kier molecular flexibility index (Phi) is 2.83. The first-order valence-corrected chi connectivity index (χ1v) is 6.25. The van der Waals surface area contributed by atoms with Gasteiger partial charge in [0.25, 0.3) is 11.5 Å². The summed E-state index contributed by atoms with van der Waals surface area (Å²) in [6, 6.07) is 8.58. The predicted octanol–water partition coefficient (Wildman–Crippen LogP) is 0.122. The second-order valence-corrected chi connectivity index (χ2v) is 4.66. The summed E-state index contributed by atoms with van der Waals surface area (Å²) in [4.78, 5) is 40.6. The SMILES string of the molecule is Cn1c(=O)c2c(ncn2C(=O)c2ccccc2)n(C)c1=O. The van der Waals surface area contributed by atoms with Gasteiger partial charge in [0.15, 0.2) is 11.2 Å². The zero-order valence-electron chi connectivity index (χ0n) is 11.5. The fourth-order valence-corrected chi connectivity index (χ4v) is 2.22. The standard InChI is InChI=1S/C14H12N4O3/c1-16-11-10(13(20)17(2)14(16)21)18(8-15-11)12(19)9-6-4-3-5-7-9/h3-8H,1-2H3. The van der Waals surface area contributed by atoms with E-state index in [0.717, 1.165) is 4.57 Å². The van der Waals surface area contributed by atoms with Gasteiger partial charge >= 0.3 is 5.69 Å². The molecule has 0 radical (unpaired) electrons. The molecule has 0 saturated carbocycles. The molecule has 21 heavy (non-hydrogen) atoms. The van der Waals surface area contributed by atoms with Crippen LogP contribution >= 0.6 is 0 Å². The van der Waals surface area contributed by atoms with Crippen LogP contribution in [0.4, 0.5) is 0 Å². The van der Waals surface area contributed by atoms with Crippen LogP contribution in [0.3, 0.4) is 0 Å². The van der Waals surface area contributed by atoms with E-state index in [2.05, 4.69) is 4.98 Å². The highest BCUT2D eigenvalue weighted by molar-refractivity contribution is 6.00. The van der Waals surface area contributed by atoms with Gasteiger partial charge in [-0.15, -0.1) is 0 Å². The molecule has 2 aromatic heterocycles. The molecule has 0 aliphatic rings. The Morgan fingerprint density at radius 1 is 1.05 bits per heavy atom.